The van der Waals surface area contributed by atoms with E-state index in [1.54, 1.807) is 0 Å². The number of hydrogen-bond acceptors (Lipinski definition) is 2. The molecule has 100 valence electrons. The highest BCUT2D eigenvalue weighted by atomic mass is 32.1. The Labute approximate surface area is 118 Å². The number of thiophene rings is 1. The fraction of sp³-hybridized carbons (Fsp3) is 0.312. The van der Waals surface area contributed by atoms with Gasteiger partial charge in [0.05, 0.1) is 4.88 Å². The van der Waals surface area contributed by atoms with Crippen molar-refractivity contribution < 1.29 is 4.79 Å². The fourth-order valence-corrected chi connectivity index (χ4v) is 2.87. The molecule has 19 heavy (non-hydrogen) atoms. The van der Waals surface area contributed by atoms with Gasteiger partial charge in [0.25, 0.3) is 5.91 Å². The molecule has 0 unspecified atom stereocenters. The van der Waals surface area contributed by atoms with E-state index >= 15 is 0 Å². The number of rotatable bonds is 4. The molecule has 0 N–H and O–H groups in total. The normalized spacial score (nSPS) is 10.7. The number of aryl methyl sites for hydroxylation is 1. The zero-order valence-corrected chi connectivity index (χ0v) is 12.4. The molecule has 0 saturated heterocycles. The van der Waals surface area contributed by atoms with Crippen LogP contribution in [0.3, 0.4) is 0 Å². The van der Waals surface area contributed by atoms with Crippen molar-refractivity contribution in [1.29, 1.82) is 0 Å². The minimum Gasteiger partial charge on any atom is -0.331 e. The molecule has 0 bridgehead atoms. The van der Waals surface area contributed by atoms with Crippen LogP contribution in [-0.4, -0.2) is 16.8 Å². The molecule has 2 nitrogen and oxygen atoms in total. The van der Waals surface area contributed by atoms with Crippen molar-refractivity contribution in [3.8, 4) is 0 Å². The van der Waals surface area contributed by atoms with Gasteiger partial charge in [0, 0.05) is 12.6 Å². The van der Waals surface area contributed by atoms with Crippen LogP contribution in [0.5, 0.6) is 0 Å². The molecule has 0 aliphatic carbocycles. The lowest BCUT2D eigenvalue weighted by molar-refractivity contribution is 0.0695. The summed E-state index contributed by atoms with van der Waals surface area (Å²) < 4.78 is 0. The second-order valence-electron chi connectivity index (χ2n) is 4.95. The van der Waals surface area contributed by atoms with Crippen molar-refractivity contribution >= 4 is 17.2 Å². The number of hydrogen-bond donors (Lipinski definition) is 0. The zero-order chi connectivity index (χ0) is 13.8. The molecule has 1 aromatic carbocycles. The molecule has 1 heterocycles. The van der Waals surface area contributed by atoms with Crippen LogP contribution in [0, 0.1) is 6.92 Å². The SMILES string of the molecule is Cc1ccsc1C(=O)N(Cc1ccccc1)C(C)C. The van der Waals surface area contributed by atoms with E-state index < -0.39 is 0 Å². The van der Waals surface area contributed by atoms with Crippen molar-refractivity contribution in [2.45, 2.75) is 33.4 Å². The molecular formula is C16H19NOS. The van der Waals surface area contributed by atoms with Gasteiger partial charge in [-0.05, 0) is 43.3 Å². The lowest BCUT2D eigenvalue weighted by Gasteiger charge is -2.26. The Bertz CT molecular complexity index is 545. The molecular weight excluding hydrogens is 254 g/mol. The molecule has 0 aliphatic rings. The predicted molar refractivity (Wildman–Crippen MR) is 80.5 cm³/mol. The van der Waals surface area contributed by atoms with Crippen molar-refractivity contribution in [2.24, 2.45) is 0 Å². The van der Waals surface area contributed by atoms with Gasteiger partial charge in [-0.25, -0.2) is 0 Å². The van der Waals surface area contributed by atoms with Gasteiger partial charge in [-0.15, -0.1) is 11.3 Å². The Morgan fingerprint density at radius 2 is 1.89 bits per heavy atom. The maximum absolute atomic E-state index is 12.6. The van der Waals surface area contributed by atoms with Crippen LogP contribution >= 0.6 is 11.3 Å². The zero-order valence-electron chi connectivity index (χ0n) is 11.6. The molecule has 2 rings (SSSR count). The largest absolute Gasteiger partial charge is 0.331 e. The standard InChI is InChI=1S/C16H19NOS/c1-12(2)17(11-14-7-5-4-6-8-14)16(18)15-13(3)9-10-19-15/h4-10,12H,11H2,1-3H3. The van der Waals surface area contributed by atoms with Crippen LogP contribution in [0.4, 0.5) is 0 Å². The summed E-state index contributed by atoms with van der Waals surface area (Å²) in [5, 5.41) is 1.98. The quantitative estimate of drug-likeness (QED) is 0.821. The van der Waals surface area contributed by atoms with E-state index in [2.05, 4.69) is 26.0 Å². The Balaban J connectivity index is 2.22. The van der Waals surface area contributed by atoms with Crippen molar-refractivity contribution in [3.63, 3.8) is 0 Å². The van der Waals surface area contributed by atoms with E-state index in [0.717, 1.165) is 10.4 Å². The van der Waals surface area contributed by atoms with E-state index in [-0.39, 0.29) is 11.9 Å². The Morgan fingerprint density at radius 1 is 1.21 bits per heavy atom. The highest BCUT2D eigenvalue weighted by molar-refractivity contribution is 7.12. The lowest BCUT2D eigenvalue weighted by Crippen LogP contribution is -2.36. The summed E-state index contributed by atoms with van der Waals surface area (Å²) in [5.41, 5.74) is 2.23. The van der Waals surface area contributed by atoms with Crippen molar-refractivity contribution in [1.82, 2.24) is 4.90 Å². The average molecular weight is 273 g/mol. The van der Waals surface area contributed by atoms with E-state index in [1.807, 2.05) is 41.5 Å². The second-order valence-corrected chi connectivity index (χ2v) is 5.86. The molecule has 0 radical (unpaired) electrons. The maximum Gasteiger partial charge on any atom is 0.264 e. The van der Waals surface area contributed by atoms with Gasteiger partial charge in [-0.2, -0.15) is 0 Å². The number of benzene rings is 1. The molecule has 0 aliphatic heterocycles. The van der Waals surface area contributed by atoms with Gasteiger partial charge in [-0.1, -0.05) is 30.3 Å². The van der Waals surface area contributed by atoms with E-state index in [1.165, 1.54) is 16.9 Å². The van der Waals surface area contributed by atoms with Crippen LogP contribution in [-0.2, 0) is 6.54 Å². The van der Waals surface area contributed by atoms with Crippen LogP contribution < -0.4 is 0 Å². The molecule has 0 atom stereocenters. The smallest absolute Gasteiger partial charge is 0.264 e. The highest BCUT2D eigenvalue weighted by Gasteiger charge is 2.21. The topological polar surface area (TPSA) is 20.3 Å². The number of nitrogens with zero attached hydrogens (tertiary/aromatic N) is 1. The van der Waals surface area contributed by atoms with Gasteiger partial charge in [-0.3, -0.25) is 4.79 Å². The Morgan fingerprint density at radius 3 is 2.42 bits per heavy atom. The molecule has 0 spiro atoms. The minimum atomic E-state index is 0.131. The average Bonchev–Trinajstić information content (AvgIpc) is 2.82. The highest BCUT2D eigenvalue weighted by Crippen LogP contribution is 2.20. The first-order valence-electron chi connectivity index (χ1n) is 6.48. The monoisotopic (exact) mass is 273 g/mol. The van der Waals surface area contributed by atoms with Crippen LogP contribution in [0.15, 0.2) is 41.8 Å². The molecule has 0 fully saturated rings. The first-order chi connectivity index (χ1) is 9.09. The van der Waals surface area contributed by atoms with Crippen LogP contribution in [0.25, 0.3) is 0 Å². The number of carbonyl (C=O) groups is 1. The third-order valence-corrected chi connectivity index (χ3v) is 4.14. The van der Waals surface area contributed by atoms with E-state index in [0.29, 0.717) is 6.54 Å². The van der Waals surface area contributed by atoms with Gasteiger partial charge in [0.2, 0.25) is 0 Å². The first-order valence-corrected chi connectivity index (χ1v) is 7.36. The summed E-state index contributed by atoms with van der Waals surface area (Å²) in [5.74, 6) is 0.131. The molecule has 1 aromatic heterocycles. The predicted octanol–water partition coefficient (Wildman–Crippen LogP) is 4.11. The number of amides is 1. The van der Waals surface area contributed by atoms with Crippen LogP contribution in [0.1, 0.15) is 34.6 Å². The first kappa shape index (κ1) is 13.8. The second kappa shape index (κ2) is 6.02. The molecule has 2 aromatic rings. The third-order valence-electron chi connectivity index (χ3n) is 3.14. The molecule has 1 amide bonds. The maximum atomic E-state index is 12.6. The van der Waals surface area contributed by atoms with E-state index in [9.17, 15) is 4.79 Å². The summed E-state index contributed by atoms with van der Waals surface area (Å²) in [6.07, 6.45) is 0. The van der Waals surface area contributed by atoms with Gasteiger partial charge < -0.3 is 4.90 Å². The van der Waals surface area contributed by atoms with E-state index in [4.69, 9.17) is 0 Å². The Hall–Kier alpha value is -1.61. The molecule has 0 saturated carbocycles. The number of carbonyl (C=O) groups excluding carboxylic acids is 1. The van der Waals surface area contributed by atoms with Crippen molar-refractivity contribution in [2.75, 3.05) is 0 Å². The third kappa shape index (κ3) is 3.24. The lowest BCUT2D eigenvalue weighted by atomic mass is 10.1. The summed E-state index contributed by atoms with van der Waals surface area (Å²) in [7, 11) is 0. The minimum absolute atomic E-state index is 0.131. The van der Waals surface area contributed by atoms with Gasteiger partial charge >= 0.3 is 0 Å². The van der Waals surface area contributed by atoms with Crippen LogP contribution in [0.2, 0.25) is 0 Å². The fourth-order valence-electron chi connectivity index (χ4n) is 1.99. The Kier molecular flexibility index (Phi) is 4.38. The summed E-state index contributed by atoms with van der Waals surface area (Å²) in [6, 6.07) is 12.3. The van der Waals surface area contributed by atoms with Gasteiger partial charge in [0.1, 0.15) is 0 Å². The molecule has 3 heteroatoms. The van der Waals surface area contributed by atoms with Gasteiger partial charge in [0.15, 0.2) is 0 Å². The summed E-state index contributed by atoms with van der Waals surface area (Å²) >= 11 is 1.52. The van der Waals surface area contributed by atoms with Crippen molar-refractivity contribution in [3.05, 3.63) is 57.8 Å². The summed E-state index contributed by atoms with van der Waals surface area (Å²) in [4.78, 5) is 15.4. The summed E-state index contributed by atoms with van der Waals surface area (Å²) in [6.45, 7) is 6.77.